The summed E-state index contributed by atoms with van der Waals surface area (Å²) in [6.07, 6.45) is 8.09. The summed E-state index contributed by atoms with van der Waals surface area (Å²) in [5.74, 6) is -1.16. The number of ether oxygens (including phenoxy) is 2. The highest BCUT2D eigenvalue weighted by atomic mass is 16.5. The van der Waals surface area contributed by atoms with Crippen molar-refractivity contribution in [2.24, 2.45) is 0 Å². The molecule has 0 radical (unpaired) electrons. The number of hydrogen-bond donors (Lipinski definition) is 4. The fourth-order valence-corrected chi connectivity index (χ4v) is 3.63. The van der Waals surface area contributed by atoms with Gasteiger partial charge >= 0.3 is 11.9 Å². The number of aliphatic hydroxyl groups excluding tert-OH is 4. The third-order valence-corrected chi connectivity index (χ3v) is 5.92. The molecule has 0 aromatic rings. The van der Waals surface area contributed by atoms with Gasteiger partial charge in [-0.15, -0.1) is 0 Å². The molecule has 0 amide bonds. The van der Waals surface area contributed by atoms with Crippen LogP contribution < -0.4 is 0 Å². The van der Waals surface area contributed by atoms with Crippen LogP contribution in [0.15, 0.2) is 0 Å². The molecule has 0 heterocycles. The van der Waals surface area contributed by atoms with Crippen LogP contribution in [0.3, 0.4) is 0 Å². The zero-order valence-electron chi connectivity index (χ0n) is 21.5. The van der Waals surface area contributed by atoms with Crippen LogP contribution in [-0.2, 0) is 19.1 Å². The van der Waals surface area contributed by atoms with Gasteiger partial charge in [0.25, 0.3) is 0 Å². The zero-order valence-corrected chi connectivity index (χ0v) is 21.5. The van der Waals surface area contributed by atoms with Crippen LogP contribution in [0.4, 0.5) is 0 Å². The lowest BCUT2D eigenvalue weighted by atomic mass is 10.0. The Morgan fingerprint density at radius 3 is 1.62 bits per heavy atom. The van der Waals surface area contributed by atoms with Gasteiger partial charge in [-0.1, -0.05) is 90.9 Å². The van der Waals surface area contributed by atoms with E-state index in [0.29, 0.717) is 6.42 Å². The van der Waals surface area contributed by atoms with Gasteiger partial charge in [0, 0.05) is 6.42 Å². The molecule has 202 valence electrons. The van der Waals surface area contributed by atoms with Gasteiger partial charge < -0.3 is 29.9 Å². The van der Waals surface area contributed by atoms with E-state index in [9.17, 15) is 30.0 Å². The minimum Gasteiger partial charge on any atom is -0.466 e. The zero-order chi connectivity index (χ0) is 25.6. The van der Waals surface area contributed by atoms with Crippen molar-refractivity contribution in [3.05, 3.63) is 0 Å². The van der Waals surface area contributed by atoms with E-state index in [1.54, 1.807) is 0 Å². The van der Waals surface area contributed by atoms with Gasteiger partial charge in [0.05, 0.1) is 19.1 Å². The first kappa shape index (κ1) is 32.8. The lowest BCUT2D eigenvalue weighted by Crippen LogP contribution is -2.47. The van der Waals surface area contributed by atoms with Crippen LogP contribution in [-0.4, -0.2) is 70.0 Å². The van der Waals surface area contributed by atoms with Gasteiger partial charge in [-0.25, -0.2) is 0 Å². The van der Waals surface area contributed by atoms with Crippen molar-refractivity contribution >= 4 is 11.9 Å². The molecule has 4 N–H and O–H groups in total. The Kier molecular flexibility index (Phi) is 21.5. The van der Waals surface area contributed by atoms with Crippen molar-refractivity contribution in [1.82, 2.24) is 0 Å². The number of aliphatic hydroxyl groups is 4. The van der Waals surface area contributed by atoms with Gasteiger partial charge in [-0.05, 0) is 12.8 Å². The Bertz CT molecular complexity index is 499. The Morgan fingerprint density at radius 1 is 0.588 bits per heavy atom. The molecule has 8 nitrogen and oxygen atoms in total. The molecule has 0 rings (SSSR count). The fourth-order valence-electron chi connectivity index (χ4n) is 3.63. The standard InChI is InChI=1S/C26H50O8/c1-3-5-7-9-11-13-15-17-23(29)34-20-22(28)26(32)25(31)21(27)19-24(30)33-18-16-14-12-10-8-6-4-2/h21-22,25-28,31-32H,3-20H2,1-2H3/t21-,22-,25-,26-/m1/s1. The van der Waals surface area contributed by atoms with Gasteiger partial charge in [0.2, 0.25) is 0 Å². The van der Waals surface area contributed by atoms with Gasteiger partial charge in [-0.2, -0.15) is 0 Å². The van der Waals surface area contributed by atoms with Crippen LogP contribution in [0, 0.1) is 0 Å². The molecule has 0 saturated heterocycles. The first-order valence-corrected chi connectivity index (χ1v) is 13.4. The predicted molar refractivity (Wildman–Crippen MR) is 131 cm³/mol. The van der Waals surface area contributed by atoms with Crippen molar-refractivity contribution in [2.45, 2.75) is 141 Å². The summed E-state index contributed by atoms with van der Waals surface area (Å²) in [4.78, 5) is 23.6. The van der Waals surface area contributed by atoms with Crippen molar-refractivity contribution in [1.29, 1.82) is 0 Å². The number of esters is 2. The highest BCUT2D eigenvalue weighted by Crippen LogP contribution is 2.12. The number of carbonyl (C=O) groups excluding carboxylic acids is 2. The number of hydrogen-bond acceptors (Lipinski definition) is 8. The van der Waals surface area contributed by atoms with Crippen LogP contribution in [0.2, 0.25) is 0 Å². The lowest BCUT2D eigenvalue weighted by molar-refractivity contribution is -0.158. The van der Waals surface area contributed by atoms with Crippen molar-refractivity contribution in [2.75, 3.05) is 13.2 Å². The highest BCUT2D eigenvalue weighted by Gasteiger charge is 2.32. The summed E-state index contributed by atoms with van der Waals surface area (Å²) in [5.41, 5.74) is 0. The molecular weight excluding hydrogens is 440 g/mol. The Labute approximate surface area is 206 Å². The molecular formula is C26H50O8. The van der Waals surface area contributed by atoms with E-state index in [4.69, 9.17) is 9.47 Å². The Balaban J connectivity index is 3.95. The summed E-state index contributed by atoms with van der Waals surface area (Å²) in [5, 5.41) is 40.0. The second-order valence-corrected chi connectivity index (χ2v) is 9.22. The van der Waals surface area contributed by atoms with Crippen molar-refractivity contribution in [3.8, 4) is 0 Å². The van der Waals surface area contributed by atoms with E-state index in [-0.39, 0.29) is 13.0 Å². The van der Waals surface area contributed by atoms with E-state index in [2.05, 4.69) is 13.8 Å². The molecule has 0 aromatic heterocycles. The average Bonchev–Trinajstić information content (AvgIpc) is 2.82. The van der Waals surface area contributed by atoms with Crippen LogP contribution in [0.5, 0.6) is 0 Å². The average molecular weight is 491 g/mol. The first-order chi connectivity index (χ1) is 16.3. The molecule has 0 fully saturated rings. The Hall–Kier alpha value is -1.22. The third kappa shape index (κ3) is 18.2. The molecule has 0 unspecified atom stereocenters. The lowest BCUT2D eigenvalue weighted by Gasteiger charge is -2.26. The normalized spacial score (nSPS) is 14.9. The number of rotatable bonds is 23. The second kappa shape index (κ2) is 22.3. The van der Waals surface area contributed by atoms with E-state index < -0.39 is 49.4 Å². The topological polar surface area (TPSA) is 134 Å². The summed E-state index contributed by atoms with van der Waals surface area (Å²) in [6, 6.07) is 0. The quantitative estimate of drug-likeness (QED) is 0.126. The van der Waals surface area contributed by atoms with Crippen LogP contribution in [0.25, 0.3) is 0 Å². The van der Waals surface area contributed by atoms with E-state index >= 15 is 0 Å². The first-order valence-electron chi connectivity index (χ1n) is 13.4. The summed E-state index contributed by atoms with van der Waals surface area (Å²) in [7, 11) is 0. The second-order valence-electron chi connectivity index (χ2n) is 9.22. The minimum absolute atomic E-state index is 0.229. The van der Waals surface area contributed by atoms with Gasteiger partial charge in [0.15, 0.2) is 0 Å². The summed E-state index contributed by atoms with van der Waals surface area (Å²) < 4.78 is 10.0. The molecule has 0 aromatic carbocycles. The Morgan fingerprint density at radius 2 is 1.06 bits per heavy atom. The molecule has 0 aliphatic carbocycles. The molecule has 34 heavy (non-hydrogen) atoms. The van der Waals surface area contributed by atoms with Crippen molar-refractivity contribution < 1.29 is 39.5 Å². The monoisotopic (exact) mass is 490 g/mol. The van der Waals surface area contributed by atoms with Crippen LogP contribution >= 0.6 is 0 Å². The molecule has 4 atom stereocenters. The highest BCUT2D eigenvalue weighted by molar-refractivity contribution is 5.70. The van der Waals surface area contributed by atoms with Crippen molar-refractivity contribution in [3.63, 3.8) is 0 Å². The summed E-state index contributed by atoms with van der Waals surface area (Å²) >= 11 is 0. The number of unbranched alkanes of at least 4 members (excludes halogenated alkanes) is 12. The smallest absolute Gasteiger partial charge is 0.308 e. The van der Waals surface area contributed by atoms with Gasteiger partial charge in [0.1, 0.15) is 24.9 Å². The fraction of sp³-hybridized carbons (Fsp3) is 0.923. The maximum Gasteiger partial charge on any atom is 0.308 e. The molecule has 0 saturated carbocycles. The number of carbonyl (C=O) groups is 2. The minimum atomic E-state index is -1.78. The van der Waals surface area contributed by atoms with E-state index in [0.717, 1.165) is 38.5 Å². The maximum atomic E-state index is 11.8. The van der Waals surface area contributed by atoms with Gasteiger partial charge in [-0.3, -0.25) is 9.59 Å². The molecule has 0 spiro atoms. The molecule has 0 aliphatic heterocycles. The summed E-state index contributed by atoms with van der Waals surface area (Å²) in [6.45, 7) is 4.07. The SMILES string of the molecule is CCCCCCCCCOC(=O)C[C@@H](O)[C@@H](O)[C@H](O)[C@H](O)COC(=O)CCCCCCCCC. The maximum absolute atomic E-state index is 11.8. The predicted octanol–water partition coefficient (Wildman–Crippen LogP) is 3.80. The molecule has 0 aliphatic rings. The molecule has 8 heteroatoms. The largest absolute Gasteiger partial charge is 0.466 e. The molecule has 0 bridgehead atoms. The van der Waals surface area contributed by atoms with E-state index in [1.165, 1.54) is 44.9 Å². The van der Waals surface area contributed by atoms with E-state index in [1.807, 2.05) is 0 Å². The van der Waals surface area contributed by atoms with Crippen LogP contribution in [0.1, 0.15) is 117 Å². The third-order valence-electron chi connectivity index (χ3n) is 5.92.